The fourth-order valence-corrected chi connectivity index (χ4v) is 6.94. The van der Waals surface area contributed by atoms with Gasteiger partial charge in [0.2, 0.25) is 0 Å². The van der Waals surface area contributed by atoms with Crippen LogP contribution in [0.3, 0.4) is 0 Å². The molecule has 0 atom stereocenters. The number of esters is 1. The molecule has 0 aromatic carbocycles. The van der Waals surface area contributed by atoms with Crippen molar-refractivity contribution in [2.24, 2.45) is 0 Å². The Bertz CT molecular complexity index is 309. The second-order valence-electron chi connectivity index (χ2n) is 2.28. The third kappa shape index (κ3) is 8.60. The summed E-state index contributed by atoms with van der Waals surface area (Å²) in [4.78, 5) is 45.6. The lowest BCUT2D eigenvalue weighted by molar-refractivity contribution is -0.140. The van der Waals surface area contributed by atoms with E-state index in [1.54, 1.807) is 0 Å². The van der Waals surface area contributed by atoms with Crippen LogP contribution in [-0.2, 0) is 18.7 Å². The molecular weight excluding hydrogens is 302 g/mol. The number of ether oxygens (including phenoxy) is 1. The predicted molar refractivity (Wildman–Crippen MR) is 59.7 cm³/mol. The van der Waals surface area contributed by atoms with Gasteiger partial charge in [0.25, 0.3) is 0 Å². The maximum Gasteiger partial charge on any atom is 0.385 e. The fourth-order valence-electron chi connectivity index (χ4n) is 0.565. The molecule has 0 unspecified atom stereocenters. The number of hydrogen-bond acceptors (Lipinski definition) is 6. The number of carbonyl (C=O) groups is 1. The molecule has 0 aliphatic carbocycles. The maximum absolute atomic E-state index is 11.1. The average Bonchev–Trinajstić information content (AvgIpc) is 1.97. The second kappa shape index (κ2) is 6.42. The summed E-state index contributed by atoms with van der Waals surface area (Å²) in [5.74, 6) is -1.09. The van der Waals surface area contributed by atoms with E-state index in [9.17, 15) is 13.9 Å². The van der Waals surface area contributed by atoms with Gasteiger partial charge in [-0.2, -0.15) is 0 Å². The van der Waals surface area contributed by atoms with Gasteiger partial charge in [-0.25, -0.2) is 13.9 Å². The van der Waals surface area contributed by atoms with E-state index >= 15 is 0 Å². The number of hydrogen-bond donors (Lipinski definition) is 4. The highest BCUT2D eigenvalue weighted by Gasteiger charge is 2.35. The van der Waals surface area contributed by atoms with Gasteiger partial charge in [-0.15, -0.1) is 0 Å². The second-order valence-corrected chi connectivity index (χ2v) is 10.0. The van der Waals surface area contributed by atoms with E-state index in [2.05, 4.69) is 4.74 Å². The zero-order valence-electron chi connectivity index (χ0n) is 7.92. The van der Waals surface area contributed by atoms with E-state index in [1.807, 2.05) is 0 Å². The first-order chi connectivity index (χ1) is 7.05. The van der Waals surface area contributed by atoms with Crippen LogP contribution in [-0.4, -0.2) is 36.7 Å². The van der Waals surface area contributed by atoms with Crippen LogP contribution in [0, 0.1) is 0 Å². The van der Waals surface area contributed by atoms with Crippen molar-refractivity contribution in [3.05, 3.63) is 0 Å². The Labute approximate surface area is 99.0 Å². The fraction of sp³-hybridized carbons (Fsp3) is 0.750. The molecule has 0 radical (unpaired) electrons. The molecule has 8 nitrogen and oxygen atoms in total. The molecule has 0 saturated heterocycles. The highest BCUT2D eigenvalue weighted by atomic mass is 32.8. The van der Waals surface area contributed by atoms with Crippen LogP contribution in [0.5, 0.6) is 0 Å². The monoisotopic (exact) mass is 312 g/mol. The summed E-state index contributed by atoms with van der Waals surface area (Å²) in [5, 5.41) is 0. The zero-order chi connectivity index (χ0) is 13.0. The molecule has 0 amide bonds. The minimum absolute atomic E-state index is 0.0568. The first-order valence-corrected chi connectivity index (χ1v) is 9.89. The van der Waals surface area contributed by atoms with Gasteiger partial charge >= 0.3 is 19.6 Å². The molecule has 0 aromatic rings. The molecule has 0 aliphatic rings. The Balaban J connectivity index is 4.71. The molecule has 0 heterocycles. The molecular formula is C4H10O8P2S2. The first-order valence-electron chi connectivity index (χ1n) is 3.69. The smallest absolute Gasteiger partial charge is 0.385 e. The molecule has 16 heavy (non-hydrogen) atoms. The van der Waals surface area contributed by atoms with Crippen LogP contribution >= 0.6 is 36.4 Å². The van der Waals surface area contributed by atoms with E-state index in [0.29, 0.717) is 0 Å². The van der Waals surface area contributed by atoms with Gasteiger partial charge in [-0.05, 0) is 29.7 Å². The minimum atomic E-state index is -4.63. The topological polar surface area (TPSA) is 141 Å². The maximum atomic E-state index is 11.1. The van der Waals surface area contributed by atoms with Crippen molar-refractivity contribution in [1.29, 1.82) is 0 Å². The van der Waals surface area contributed by atoms with E-state index in [1.165, 1.54) is 6.92 Å². The molecule has 0 rings (SSSR count). The van der Waals surface area contributed by atoms with E-state index in [4.69, 9.17) is 19.6 Å². The first kappa shape index (κ1) is 16.5. The highest BCUT2D eigenvalue weighted by Crippen LogP contribution is 2.62. The predicted octanol–water partition coefficient (Wildman–Crippen LogP) is 0.527. The van der Waals surface area contributed by atoms with Crippen LogP contribution < -0.4 is 0 Å². The molecule has 0 fully saturated rings. The Kier molecular flexibility index (Phi) is 6.60. The largest absolute Gasteiger partial charge is 0.465 e. The van der Waals surface area contributed by atoms with E-state index < -0.39 is 24.1 Å². The van der Waals surface area contributed by atoms with Crippen molar-refractivity contribution < 1.29 is 38.2 Å². The summed E-state index contributed by atoms with van der Waals surface area (Å²) in [5.41, 5.74) is 0. The van der Waals surface area contributed by atoms with Gasteiger partial charge in [0.15, 0.2) is 4.58 Å². The molecule has 0 aromatic heterocycles. The quantitative estimate of drug-likeness (QED) is 0.311. The van der Waals surface area contributed by atoms with Crippen LogP contribution in [0.15, 0.2) is 0 Å². The third-order valence-corrected chi connectivity index (χ3v) is 6.61. The summed E-state index contributed by atoms with van der Waals surface area (Å²) in [7, 11) is 0. The summed E-state index contributed by atoms with van der Waals surface area (Å²) in [6.07, 6.45) is 0. The van der Waals surface area contributed by atoms with Crippen LogP contribution in [0.2, 0.25) is 0 Å². The van der Waals surface area contributed by atoms with Gasteiger partial charge < -0.3 is 24.3 Å². The van der Waals surface area contributed by atoms with Crippen molar-refractivity contribution in [3.63, 3.8) is 0 Å². The van der Waals surface area contributed by atoms with Gasteiger partial charge in [-0.1, -0.05) is 0 Å². The van der Waals surface area contributed by atoms with Crippen molar-refractivity contribution in [1.82, 2.24) is 0 Å². The zero-order valence-corrected chi connectivity index (χ0v) is 11.3. The van der Waals surface area contributed by atoms with Crippen molar-refractivity contribution in [2.75, 3.05) is 6.61 Å². The number of carbonyl (C=O) groups excluding carboxylic acids is 1. The summed E-state index contributed by atoms with van der Waals surface area (Å²) >= 11 is -0.321. The van der Waals surface area contributed by atoms with Crippen LogP contribution in [0.4, 0.5) is 0 Å². The number of rotatable bonds is 6. The standard InChI is InChI=1S/C4H10O8P2S2/c1-2-12-3(5)4(15-13(6,7)8)16-14(9,10)11/h4H,2H2,1H3,(H2,6,7,8)(H2,9,10,11). The molecule has 96 valence electrons. The Morgan fingerprint density at radius 3 is 1.81 bits per heavy atom. The molecule has 0 bridgehead atoms. The van der Waals surface area contributed by atoms with Gasteiger partial charge in [-0.3, -0.25) is 0 Å². The molecule has 12 heteroatoms. The molecule has 0 spiro atoms. The minimum Gasteiger partial charge on any atom is -0.465 e. The summed E-state index contributed by atoms with van der Waals surface area (Å²) < 4.78 is 24.0. The van der Waals surface area contributed by atoms with Crippen molar-refractivity contribution in [2.45, 2.75) is 11.5 Å². The lowest BCUT2D eigenvalue weighted by Crippen LogP contribution is -2.16. The average molecular weight is 312 g/mol. The van der Waals surface area contributed by atoms with E-state index in [-0.39, 0.29) is 29.4 Å². The molecule has 0 saturated carbocycles. The Morgan fingerprint density at radius 2 is 1.56 bits per heavy atom. The lowest BCUT2D eigenvalue weighted by Gasteiger charge is -2.15. The summed E-state index contributed by atoms with van der Waals surface area (Å²) in [6, 6.07) is 0. The Morgan fingerprint density at radius 1 is 1.19 bits per heavy atom. The SMILES string of the molecule is CCOC(=O)C(SP(=O)(O)O)SP(=O)(O)O. The molecule has 0 aliphatic heterocycles. The van der Waals surface area contributed by atoms with Gasteiger partial charge in [0.05, 0.1) is 6.61 Å². The van der Waals surface area contributed by atoms with Crippen molar-refractivity contribution in [3.8, 4) is 0 Å². The van der Waals surface area contributed by atoms with Gasteiger partial charge in [0.1, 0.15) is 0 Å². The van der Waals surface area contributed by atoms with Crippen LogP contribution in [0.25, 0.3) is 0 Å². The lowest BCUT2D eigenvalue weighted by atomic mass is 10.7. The normalized spacial score (nSPS) is 12.9. The highest BCUT2D eigenvalue weighted by molar-refractivity contribution is 8.66. The Hall–Kier alpha value is 0.470. The third-order valence-electron chi connectivity index (χ3n) is 0.945. The van der Waals surface area contributed by atoms with Crippen LogP contribution in [0.1, 0.15) is 6.92 Å². The van der Waals surface area contributed by atoms with E-state index in [0.717, 1.165) is 0 Å². The molecule has 4 N–H and O–H groups in total. The van der Waals surface area contributed by atoms with Crippen molar-refractivity contribution >= 4 is 42.3 Å². The van der Waals surface area contributed by atoms with Gasteiger partial charge in [0, 0.05) is 0 Å². The summed E-state index contributed by atoms with van der Waals surface area (Å²) in [6.45, 7) is -7.87.